The number of nitrogens with one attached hydrogen (secondary N) is 1. The maximum atomic E-state index is 12.2. The van der Waals surface area contributed by atoms with Crippen molar-refractivity contribution in [1.82, 2.24) is 10.2 Å². The summed E-state index contributed by atoms with van der Waals surface area (Å²) in [7, 11) is 1.54. The molecule has 2 amide bonds. The Morgan fingerprint density at radius 3 is 2.85 bits per heavy atom. The van der Waals surface area contributed by atoms with Gasteiger partial charge in [-0.25, -0.2) is 0 Å². The van der Waals surface area contributed by atoms with Gasteiger partial charge in [0.15, 0.2) is 0 Å². The molecule has 1 aliphatic rings. The van der Waals surface area contributed by atoms with Crippen LogP contribution < -0.4 is 10.1 Å². The molecular formula is C14H17ClN2O3. The molecule has 1 aromatic rings. The van der Waals surface area contributed by atoms with E-state index in [0.29, 0.717) is 17.2 Å². The number of benzene rings is 1. The Morgan fingerprint density at radius 2 is 2.20 bits per heavy atom. The van der Waals surface area contributed by atoms with E-state index in [2.05, 4.69) is 5.32 Å². The largest absolute Gasteiger partial charge is 0.496 e. The SMILES string of the molecule is CCC1NCC(=O)N(Cc2cc(Cl)ccc2OC)C1=O. The number of carbonyl (C=O) groups excluding carboxylic acids is 2. The molecule has 6 heteroatoms. The van der Waals surface area contributed by atoms with E-state index in [4.69, 9.17) is 16.3 Å². The van der Waals surface area contributed by atoms with Crippen LogP contribution in [0.2, 0.25) is 5.02 Å². The van der Waals surface area contributed by atoms with Crippen LogP contribution in [0.1, 0.15) is 18.9 Å². The maximum absolute atomic E-state index is 12.2. The van der Waals surface area contributed by atoms with Crippen LogP contribution in [0, 0.1) is 0 Å². The minimum atomic E-state index is -0.308. The number of methoxy groups -OCH3 is 1. The van der Waals surface area contributed by atoms with Gasteiger partial charge in [0.05, 0.1) is 26.2 Å². The van der Waals surface area contributed by atoms with Crippen LogP contribution in [-0.2, 0) is 16.1 Å². The quantitative estimate of drug-likeness (QED) is 0.857. The molecule has 1 N–H and O–H groups in total. The molecule has 1 unspecified atom stereocenters. The van der Waals surface area contributed by atoms with E-state index >= 15 is 0 Å². The third-order valence-corrected chi connectivity index (χ3v) is 3.58. The first kappa shape index (κ1) is 14.8. The molecule has 20 heavy (non-hydrogen) atoms. The minimum Gasteiger partial charge on any atom is -0.496 e. The summed E-state index contributed by atoms with van der Waals surface area (Å²) in [6.07, 6.45) is 0.648. The zero-order valence-electron chi connectivity index (χ0n) is 11.5. The standard InChI is InChI=1S/C14H17ClN2O3/c1-3-11-14(19)17(13(18)7-16-11)8-9-6-10(15)4-5-12(9)20-2/h4-6,11,16H,3,7-8H2,1-2H3. The summed E-state index contributed by atoms with van der Waals surface area (Å²) in [6, 6.07) is 4.84. The van der Waals surface area contributed by atoms with E-state index in [-0.39, 0.29) is 30.9 Å². The molecule has 1 heterocycles. The summed E-state index contributed by atoms with van der Waals surface area (Å²) in [5.74, 6) is 0.175. The summed E-state index contributed by atoms with van der Waals surface area (Å²) in [5.41, 5.74) is 0.721. The van der Waals surface area contributed by atoms with Crippen molar-refractivity contribution in [3.63, 3.8) is 0 Å². The van der Waals surface area contributed by atoms with Gasteiger partial charge in [0.25, 0.3) is 0 Å². The van der Waals surface area contributed by atoms with Gasteiger partial charge in [-0.1, -0.05) is 18.5 Å². The highest BCUT2D eigenvalue weighted by Gasteiger charge is 2.33. The maximum Gasteiger partial charge on any atom is 0.246 e. The third-order valence-electron chi connectivity index (χ3n) is 3.34. The van der Waals surface area contributed by atoms with Crippen molar-refractivity contribution in [1.29, 1.82) is 0 Å². The highest BCUT2D eigenvalue weighted by molar-refractivity contribution is 6.30. The highest BCUT2D eigenvalue weighted by Crippen LogP contribution is 2.25. The van der Waals surface area contributed by atoms with Gasteiger partial charge in [-0.15, -0.1) is 0 Å². The molecule has 2 rings (SSSR count). The number of hydrogen-bond donors (Lipinski definition) is 1. The number of rotatable bonds is 4. The van der Waals surface area contributed by atoms with Crippen LogP contribution in [0.15, 0.2) is 18.2 Å². The number of carbonyl (C=O) groups is 2. The summed E-state index contributed by atoms with van der Waals surface area (Å²) in [6.45, 7) is 2.26. The Balaban J connectivity index is 2.25. The second kappa shape index (κ2) is 6.24. The minimum absolute atomic E-state index is 0.174. The van der Waals surface area contributed by atoms with Gasteiger partial charge in [0, 0.05) is 10.6 Å². The molecule has 1 saturated heterocycles. The van der Waals surface area contributed by atoms with E-state index in [1.54, 1.807) is 25.3 Å². The van der Waals surface area contributed by atoms with Gasteiger partial charge in [-0.2, -0.15) is 0 Å². The van der Waals surface area contributed by atoms with Gasteiger partial charge in [0.2, 0.25) is 11.8 Å². The van der Waals surface area contributed by atoms with Crippen molar-refractivity contribution in [2.24, 2.45) is 0 Å². The lowest BCUT2D eigenvalue weighted by Gasteiger charge is -2.31. The second-order valence-electron chi connectivity index (χ2n) is 4.62. The van der Waals surface area contributed by atoms with Crippen molar-refractivity contribution < 1.29 is 14.3 Å². The zero-order chi connectivity index (χ0) is 14.7. The fourth-order valence-electron chi connectivity index (χ4n) is 2.23. The van der Waals surface area contributed by atoms with Crippen LogP contribution >= 0.6 is 11.6 Å². The summed E-state index contributed by atoms with van der Waals surface area (Å²) < 4.78 is 5.24. The van der Waals surface area contributed by atoms with Crippen LogP contribution in [0.4, 0.5) is 0 Å². The Kier molecular flexibility index (Phi) is 4.62. The molecule has 1 atom stereocenters. The molecular weight excluding hydrogens is 280 g/mol. The van der Waals surface area contributed by atoms with Gasteiger partial charge in [-0.3, -0.25) is 19.8 Å². The lowest BCUT2D eigenvalue weighted by molar-refractivity contribution is -0.150. The van der Waals surface area contributed by atoms with Gasteiger partial charge < -0.3 is 4.74 Å². The van der Waals surface area contributed by atoms with E-state index in [1.807, 2.05) is 6.92 Å². The predicted molar refractivity (Wildman–Crippen MR) is 75.6 cm³/mol. The van der Waals surface area contributed by atoms with Crippen LogP contribution in [0.5, 0.6) is 5.75 Å². The van der Waals surface area contributed by atoms with Crippen molar-refractivity contribution in [2.75, 3.05) is 13.7 Å². The number of nitrogens with zero attached hydrogens (tertiary/aromatic N) is 1. The van der Waals surface area contributed by atoms with Crippen molar-refractivity contribution >= 4 is 23.4 Å². The Hall–Kier alpha value is -1.59. The molecule has 108 valence electrons. The highest BCUT2D eigenvalue weighted by atomic mass is 35.5. The number of ether oxygens (including phenoxy) is 1. The van der Waals surface area contributed by atoms with Crippen molar-refractivity contribution in [3.05, 3.63) is 28.8 Å². The van der Waals surface area contributed by atoms with E-state index in [0.717, 1.165) is 5.56 Å². The Morgan fingerprint density at radius 1 is 1.45 bits per heavy atom. The number of amides is 2. The van der Waals surface area contributed by atoms with E-state index in [9.17, 15) is 9.59 Å². The summed E-state index contributed by atoms with van der Waals surface area (Å²) in [5, 5.41) is 3.47. The number of halogens is 1. The monoisotopic (exact) mass is 296 g/mol. The first-order valence-electron chi connectivity index (χ1n) is 6.46. The molecule has 5 nitrogen and oxygen atoms in total. The topological polar surface area (TPSA) is 58.6 Å². The molecule has 1 aromatic carbocycles. The van der Waals surface area contributed by atoms with Crippen LogP contribution in [0.3, 0.4) is 0 Å². The molecule has 0 bridgehead atoms. The molecule has 0 radical (unpaired) electrons. The molecule has 1 aliphatic heterocycles. The van der Waals surface area contributed by atoms with E-state index in [1.165, 1.54) is 4.90 Å². The smallest absolute Gasteiger partial charge is 0.246 e. The third kappa shape index (κ3) is 2.94. The molecule has 0 saturated carbocycles. The molecule has 1 fully saturated rings. The lowest BCUT2D eigenvalue weighted by atomic mass is 10.1. The van der Waals surface area contributed by atoms with Crippen LogP contribution in [0.25, 0.3) is 0 Å². The average molecular weight is 297 g/mol. The summed E-state index contributed by atoms with van der Waals surface area (Å²) in [4.78, 5) is 25.4. The van der Waals surface area contributed by atoms with Gasteiger partial charge in [0.1, 0.15) is 5.75 Å². The first-order valence-corrected chi connectivity index (χ1v) is 6.84. The van der Waals surface area contributed by atoms with Gasteiger partial charge >= 0.3 is 0 Å². The van der Waals surface area contributed by atoms with Crippen LogP contribution in [-0.4, -0.2) is 36.4 Å². The Bertz CT molecular complexity index is 533. The van der Waals surface area contributed by atoms with Crippen molar-refractivity contribution in [3.8, 4) is 5.75 Å². The number of piperazine rings is 1. The number of imide groups is 1. The number of hydrogen-bond acceptors (Lipinski definition) is 4. The second-order valence-corrected chi connectivity index (χ2v) is 5.05. The average Bonchev–Trinajstić information content (AvgIpc) is 2.44. The normalized spacial score (nSPS) is 19.4. The first-order chi connectivity index (χ1) is 9.56. The Labute approximate surface area is 122 Å². The molecule has 0 aliphatic carbocycles. The lowest BCUT2D eigenvalue weighted by Crippen LogP contribution is -2.57. The predicted octanol–water partition coefficient (Wildman–Crippen LogP) is 1.59. The summed E-state index contributed by atoms with van der Waals surface area (Å²) >= 11 is 5.96. The fourth-order valence-corrected chi connectivity index (χ4v) is 2.43. The molecule has 0 spiro atoms. The van der Waals surface area contributed by atoms with Gasteiger partial charge in [-0.05, 0) is 24.6 Å². The van der Waals surface area contributed by atoms with Crippen molar-refractivity contribution in [2.45, 2.75) is 25.9 Å². The van der Waals surface area contributed by atoms with E-state index < -0.39 is 0 Å². The zero-order valence-corrected chi connectivity index (χ0v) is 12.2. The molecule has 0 aromatic heterocycles. The fraction of sp³-hybridized carbons (Fsp3) is 0.429.